The van der Waals surface area contributed by atoms with Crippen LogP contribution in [0.5, 0.6) is 11.5 Å². The monoisotopic (exact) mass is 497 g/mol. The highest BCUT2D eigenvalue weighted by molar-refractivity contribution is 6.51. The van der Waals surface area contributed by atoms with Gasteiger partial charge in [-0.1, -0.05) is 44.2 Å². The van der Waals surface area contributed by atoms with Gasteiger partial charge in [0.15, 0.2) is 0 Å². The van der Waals surface area contributed by atoms with Crippen molar-refractivity contribution in [2.75, 3.05) is 11.5 Å². The molecule has 1 saturated heterocycles. The Hall–Kier alpha value is -4.06. The smallest absolute Gasteiger partial charge is 0.300 e. The molecule has 190 valence electrons. The van der Waals surface area contributed by atoms with Crippen molar-refractivity contribution in [1.29, 1.82) is 0 Å². The fourth-order valence-corrected chi connectivity index (χ4v) is 5.09. The number of hydrogen-bond donors (Lipinski definition) is 1. The van der Waals surface area contributed by atoms with Crippen LogP contribution in [0, 0.1) is 0 Å². The number of anilines is 1. The van der Waals surface area contributed by atoms with Gasteiger partial charge in [0.2, 0.25) is 0 Å². The maximum Gasteiger partial charge on any atom is 0.300 e. The molecule has 1 N–H and O–H groups in total. The summed E-state index contributed by atoms with van der Waals surface area (Å²) in [5.74, 6) is 0.108. The van der Waals surface area contributed by atoms with E-state index in [0.29, 0.717) is 29.5 Å². The molecule has 2 aliphatic heterocycles. The highest BCUT2D eigenvalue weighted by atomic mass is 16.5. The van der Waals surface area contributed by atoms with Gasteiger partial charge in [0.1, 0.15) is 23.4 Å². The van der Waals surface area contributed by atoms with Crippen molar-refractivity contribution in [2.45, 2.75) is 52.2 Å². The Morgan fingerprint density at radius 3 is 2.54 bits per heavy atom. The Labute approximate surface area is 217 Å². The molecule has 3 aromatic carbocycles. The Bertz CT molecular complexity index is 1390. The van der Waals surface area contributed by atoms with Crippen LogP contribution in [0.4, 0.5) is 5.69 Å². The van der Waals surface area contributed by atoms with Crippen molar-refractivity contribution < 1.29 is 24.2 Å². The summed E-state index contributed by atoms with van der Waals surface area (Å²) in [5.41, 5.74) is 3.93. The lowest BCUT2D eigenvalue weighted by molar-refractivity contribution is -0.132. The fourth-order valence-electron chi connectivity index (χ4n) is 5.09. The van der Waals surface area contributed by atoms with Gasteiger partial charge in [0.25, 0.3) is 11.7 Å². The first kappa shape index (κ1) is 24.6. The summed E-state index contributed by atoms with van der Waals surface area (Å²) in [4.78, 5) is 28.4. The molecule has 0 aromatic heterocycles. The number of fused-ring (bicyclic) bond motifs is 1. The zero-order chi connectivity index (χ0) is 26.3. The average Bonchev–Trinajstić information content (AvgIpc) is 3.39. The van der Waals surface area contributed by atoms with Gasteiger partial charge >= 0.3 is 0 Å². The minimum Gasteiger partial charge on any atom is -0.507 e. The topological polar surface area (TPSA) is 76.1 Å². The number of nitrogens with zero attached hydrogens (tertiary/aromatic N) is 1. The molecule has 0 radical (unpaired) electrons. The van der Waals surface area contributed by atoms with Crippen LogP contribution < -0.4 is 14.4 Å². The molecule has 0 spiro atoms. The molecule has 2 atom stereocenters. The maximum absolute atomic E-state index is 13.5. The van der Waals surface area contributed by atoms with E-state index in [0.717, 1.165) is 28.9 Å². The van der Waals surface area contributed by atoms with Crippen LogP contribution in [0.25, 0.3) is 5.76 Å². The van der Waals surface area contributed by atoms with Crippen molar-refractivity contribution >= 4 is 23.1 Å². The van der Waals surface area contributed by atoms with E-state index in [-0.39, 0.29) is 17.4 Å². The van der Waals surface area contributed by atoms with E-state index in [1.807, 2.05) is 56.3 Å². The highest BCUT2D eigenvalue weighted by Gasteiger charge is 2.47. The third kappa shape index (κ3) is 4.48. The van der Waals surface area contributed by atoms with Crippen LogP contribution in [-0.2, 0) is 16.0 Å². The van der Waals surface area contributed by atoms with Gasteiger partial charge < -0.3 is 14.6 Å². The molecule has 2 heterocycles. The first-order chi connectivity index (χ1) is 17.8. The summed E-state index contributed by atoms with van der Waals surface area (Å²) in [6.45, 7) is 8.57. The van der Waals surface area contributed by atoms with Crippen LogP contribution in [0.1, 0.15) is 61.9 Å². The first-order valence-corrected chi connectivity index (χ1v) is 12.7. The average molecular weight is 498 g/mol. The Morgan fingerprint density at radius 2 is 1.84 bits per heavy atom. The van der Waals surface area contributed by atoms with Gasteiger partial charge in [0, 0.05) is 23.7 Å². The number of benzene rings is 3. The van der Waals surface area contributed by atoms with E-state index in [1.54, 1.807) is 24.3 Å². The predicted molar refractivity (Wildman–Crippen MR) is 143 cm³/mol. The molecule has 1 fully saturated rings. The van der Waals surface area contributed by atoms with Gasteiger partial charge in [-0.2, -0.15) is 0 Å². The van der Waals surface area contributed by atoms with Gasteiger partial charge in [0.05, 0.1) is 18.2 Å². The van der Waals surface area contributed by atoms with Gasteiger partial charge in [-0.3, -0.25) is 14.5 Å². The molecule has 6 nitrogen and oxygen atoms in total. The van der Waals surface area contributed by atoms with Crippen LogP contribution in [-0.4, -0.2) is 29.5 Å². The Kier molecular flexibility index (Phi) is 6.50. The zero-order valence-electron chi connectivity index (χ0n) is 21.5. The van der Waals surface area contributed by atoms with Crippen LogP contribution >= 0.6 is 0 Å². The number of Topliss-reactive ketones (excluding diaryl/α,β-unsaturated/α-hetero) is 1. The number of carbonyl (C=O) groups excluding carboxylic acids is 2. The minimum absolute atomic E-state index is 0.0510. The van der Waals surface area contributed by atoms with Crippen molar-refractivity contribution in [2.24, 2.45) is 0 Å². The molecule has 6 heteroatoms. The standard InChI is InChI=1S/C31H31NO5/c1-5-36-25-8-6-7-24(17-25)32-28(21-11-9-20(10-12-21)18(2)3)27(30(34)31(32)35)29(33)22-13-14-26-23(16-22)15-19(4)37-26/h6-14,16-19,28,33H,5,15H2,1-4H3/b29-27-. The first-order valence-electron chi connectivity index (χ1n) is 12.7. The molecule has 0 bridgehead atoms. The SMILES string of the molecule is CCOc1cccc(N2C(=O)C(=O)/C(=C(\O)c3ccc4c(c3)CC(C)O4)C2c2ccc(C(C)C)cc2)c1. The van der Waals surface area contributed by atoms with Crippen molar-refractivity contribution in [3.05, 3.63) is 94.6 Å². The van der Waals surface area contributed by atoms with E-state index in [4.69, 9.17) is 9.47 Å². The van der Waals surface area contributed by atoms with E-state index >= 15 is 0 Å². The second-order valence-corrected chi connectivity index (χ2v) is 9.88. The predicted octanol–water partition coefficient (Wildman–Crippen LogP) is 6.16. The molecule has 3 aromatic rings. The number of ether oxygens (including phenoxy) is 2. The molecule has 2 unspecified atom stereocenters. The summed E-state index contributed by atoms with van der Waals surface area (Å²) >= 11 is 0. The van der Waals surface area contributed by atoms with Crippen LogP contribution in [0.2, 0.25) is 0 Å². The molecular formula is C31H31NO5. The van der Waals surface area contributed by atoms with E-state index in [2.05, 4.69) is 13.8 Å². The number of amides is 1. The van der Waals surface area contributed by atoms with Gasteiger partial charge in [-0.05, 0) is 66.8 Å². The lowest BCUT2D eigenvalue weighted by Gasteiger charge is -2.26. The number of rotatable bonds is 6. The summed E-state index contributed by atoms with van der Waals surface area (Å²) in [6.07, 6.45) is 0.768. The second-order valence-electron chi connectivity index (χ2n) is 9.88. The minimum atomic E-state index is -0.790. The number of ketones is 1. The number of carbonyl (C=O) groups is 2. The van der Waals surface area contributed by atoms with E-state index < -0.39 is 17.7 Å². The van der Waals surface area contributed by atoms with Gasteiger partial charge in [-0.15, -0.1) is 0 Å². The van der Waals surface area contributed by atoms with E-state index in [1.165, 1.54) is 4.90 Å². The van der Waals surface area contributed by atoms with Gasteiger partial charge in [-0.25, -0.2) is 0 Å². The summed E-state index contributed by atoms with van der Waals surface area (Å²) in [5, 5.41) is 11.5. The molecule has 1 amide bonds. The summed E-state index contributed by atoms with van der Waals surface area (Å²) in [7, 11) is 0. The van der Waals surface area contributed by atoms with Crippen molar-refractivity contribution in [3.63, 3.8) is 0 Å². The zero-order valence-corrected chi connectivity index (χ0v) is 21.5. The molecule has 2 aliphatic rings. The highest BCUT2D eigenvalue weighted by Crippen LogP contribution is 2.43. The second kappa shape index (κ2) is 9.77. The summed E-state index contributed by atoms with van der Waals surface area (Å²) < 4.78 is 11.4. The molecular weight excluding hydrogens is 466 g/mol. The fraction of sp³-hybridized carbons (Fsp3) is 0.290. The largest absolute Gasteiger partial charge is 0.507 e. The van der Waals surface area contributed by atoms with Crippen molar-refractivity contribution in [1.82, 2.24) is 0 Å². The lowest BCUT2D eigenvalue weighted by Crippen LogP contribution is -2.29. The lowest BCUT2D eigenvalue weighted by atomic mass is 9.92. The third-order valence-electron chi connectivity index (χ3n) is 6.94. The molecule has 5 rings (SSSR count). The van der Waals surface area contributed by atoms with Crippen molar-refractivity contribution in [3.8, 4) is 11.5 Å². The summed E-state index contributed by atoms with van der Waals surface area (Å²) in [6, 6.07) is 19.6. The molecule has 0 saturated carbocycles. The number of hydrogen-bond acceptors (Lipinski definition) is 5. The maximum atomic E-state index is 13.5. The normalized spacial score (nSPS) is 20.3. The van der Waals surface area contributed by atoms with Crippen LogP contribution in [0.3, 0.4) is 0 Å². The molecule has 37 heavy (non-hydrogen) atoms. The number of aliphatic hydroxyl groups is 1. The Balaban J connectivity index is 1.67. The number of aliphatic hydroxyl groups excluding tert-OH is 1. The Morgan fingerprint density at radius 1 is 1.08 bits per heavy atom. The third-order valence-corrected chi connectivity index (χ3v) is 6.94. The van der Waals surface area contributed by atoms with Crippen LogP contribution in [0.15, 0.2) is 72.3 Å². The van der Waals surface area contributed by atoms with E-state index in [9.17, 15) is 14.7 Å². The molecule has 0 aliphatic carbocycles. The quantitative estimate of drug-likeness (QED) is 0.251.